The Bertz CT molecular complexity index is 218. The number of halogens is 1. The monoisotopic (exact) mass is 155 g/mol. The molecule has 0 atom stereocenters. The van der Waals surface area contributed by atoms with E-state index in [0.29, 0.717) is 5.69 Å². The SMILES string of the molecule is Nc1ccc(F)cc1.O=C=O. The van der Waals surface area contributed by atoms with Gasteiger partial charge in [-0.25, -0.2) is 4.39 Å². The zero-order valence-corrected chi connectivity index (χ0v) is 5.58. The van der Waals surface area contributed by atoms with Gasteiger partial charge < -0.3 is 5.73 Å². The molecule has 1 aromatic rings. The molecule has 58 valence electrons. The van der Waals surface area contributed by atoms with E-state index in [1.54, 1.807) is 0 Å². The molecule has 3 nitrogen and oxygen atoms in total. The van der Waals surface area contributed by atoms with Gasteiger partial charge in [0.1, 0.15) is 5.82 Å². The maximum absolute atomic E-state index is 12.0. The Labute approximate surface area is 62.6 Å². The third-order valence-electron chi connectivity index (χ3n) is 0.870. The van der Waals surface area contributed by atoms with E-state index in [4.69, 9.17) is 15.3 Å². The molecule has 0 bridgehead atoms. The molecule has 0 aliphatic rings. The number of anilines is 1. The summed E-state index contributed by atoms with van der Waals surface area (Å²) in [7, 11) is 0. The molecule has 0 heterocycles. The van der Waals surface area contributed by atoms with Crippen LogP contribution >= 0.6 is 0 Å². The molecule has 4 heteroatoms. The van der Waals surface area contributed by atoms with E-state index in [1.165, 1.54) is 24.3 Å². The van der Waals surface area contributed by atoms with Crippen LogP contribution in [-0.4, -0.2) is 6.15 Å². The van der Waals surface area contributed by atoms with Crippen molar-refractivity contribution in [2.75, 3.05) is 5.73 Å². The number of hydrogen-bond donors (Lipinski definition) is 1. The first kappa shape index (κ1) is 9.33. The fourth-order valence-corrected chi connectivity index (χ4v) is 0.463. The highest BCUT2D eigenvalue weighted by Gasteiger charge is 1.83. The highest BCUT2D eigenvalue weighted by molar-refractivity contribution is 5.36. The minimum Gasteiger partial charge on any atom is -0.399 e. The van der Waals surface area contributed by atoms with Gasteiger partial charge in [-0.1, -0.05) is 0 Å². The lowest BCUT2D eigenvalue weighted by molar-refractivity contribution is -0.191. The van der Waals surface area contributed by atoms with Gasteiger partial charge in [0.25, 0.3) is 0 Å². The summed E-state index contributed by atoms with van der Waals surface area (Å²) in [5.74, 6) is -0.251. The first-order valence-corrected chi connectivity index (χ1v) is 2.71. The van der Waals surface area contributed by atoms with Gasteiger partial charge in [-0.2, -0.15) is 9.59 Å². The average Bonchev–Trinajstić information content (AvgIpc) is 1.97. The smallest absolute Gasteiger partial charge is 0.373 e. The van der Waals surface area contributed by atoms with Gasteiger partial charge in [-0.3, -0.25) is 0 Å². The zero-order chi connectivity index (χ0) is 8.69. The van der Waals surface area contributed by atoms with Crippen molar-refractivity contribution >= 4 is 11.8 Å². The van der Waals surface area contributed by atoms with Gasteiger partial charge in [0.2, 0.25) is 0 Å². The normalized spacial score (nSPS) is 7.36. The minimum absolute atomic E-state index is 0.250. The third kappa shape index (κ3) is 4.81. The Hall–Kier alpha value is -1.67. The fraction of sp³-hybridized carbons (Fsp3) is 0. The molecule has 1 rings (SSSR count). The van der Waals surface area contributed by atoms with Crippen LogP contribution in [0.15, 0.2) is 24.3 Å². The standard InChI is InChI=1S/C6H6FN.CO2/c7-5-1-3-6(8)4-2-5;2-1-3/h1-4H,8H2;. The summed E-state index contributed by atoms with van der Waals surface area (Å²) in [6, 6.07) is 5.70. The summed E-state index contributed by atoms with van der Waals surface area (Å²) in [4.78, 5) is 16.2. The second-order valence-corrected chi connectivity index (χ2v) is 1.63. The number of nitrogens with two attached hydrogens (primary N) is 1. The van der Waals surface area contributed by atoms with Crippen LogP contribution < -0.4 is 5.73 Å². The lowest BCUT2D eigenvalue weighted by Gasteiger charge is -1.87. The molecule has 0 spiro atoms. The first-order valence-electron chi connectivity index (χ1n) is 2.71. The van der Waals surface area contributed by atoms with E-state index < -0.39 is 0 Å². The van der Waals surface area contributed by atoms with Crippen LogP contribution in [0.3, 0.4) is 0 Å². The van der Waals surface area contributed by atoms with Gasteiger partial charge in [-0.05, 0) is 24.3 Å². The molecule has 0 unspecified atom stereocenters. The van der Waals surface area contributed by atoms with Gasteiger partial charge in [0.05, 0.1) is 0 Å². The first-order chi connectivity index (χ1) is 5.20. The summed E-state index contributed by atoms with van der Waals surface area (Å²) in [6.45, 7) is 0. The van der Waals surface area contributed by atoms with Gasteiger partial charge >= 0.3 is 6.15 Å². The molecule has 0 aromatic heterocycles. The third-order valence-corrected chi connectivity index (χ3v) is 0.870. The molecule has 0 amide bonds. The van der Waals surface area contributed by atoms with E-state index in [0.717, 1.165) is 0 Å². The lowest BCUT2D eigenvalue weighted by Crippen LogP contribution is -1.82. The number of rotatable bonds is 0. The second kappa shape index (κ2) is 5.14. The number of nitrogen functional groups attached to an aromatic ring is 1. The quantitative estimate of drug-likeness (QED) is 0.564. The topological polar surface area (TPSA) is 60.2 Å². The van der Waals surface area contributed by atoms with Crippen molar-refractivity contribution in [1.29, 1.82) is 0 Å². The summed E-state index contributed by atoms with van der Waals surface area (Å²) in [5.41, 5.74) is 5.85. The van der Waals surface area contributed by atoms with Crippen LogP contribution in [0, 0.1) is 5.82 Å². The zero-order valence-electron chi connectivity index (χ0n) is 5.58. The van der Waals surface area contributed by atoms with Gasteiger partial charge in [-0.15, -0.1) is 0 Å². The van der Waals surface area contributed by atoms with Crippen LogP contribution in [0.1, 0.15) is 0 Å². The van der Waals surface area contributed by atoms with E-state index in [9.17, 15) is 4.39 Å². The van der Waals surface area contributed by atoms with Crippen LogP contribution in [0.4, 0.5) is 10.1 Å². The summed E-state index contributed by atoms with van der Waals surface area (Å²) in [5, 5.41) is 0. The molecule has 2 N–H and O–H groups in total. The van der Waals surface area contributed by atoms with Crippen molar-refractivity contribution in [3.63, 3.8) is 0 Å². The number of hydrogen-bond acceptors (Lipinski definition) is 3. The Morgan fingerprint density at radius 2 is 1.55 bits per heavy atom. The molecule has 0 saturated heterocycles. The van der Waals surface area contributed by atoms with Crippen molar-refractivity contribution in [3.05, 3.63) is 30.1 Å². The molecular formula is C7H6FNO2. The van der Waals surface area contributed by atoms with Crippen LogP contribution in [0.25, 0.3) is 0 Å². The summed E-state index contributed by atoms with van der Waals surface area (Å²) in [6.07, 6.45) is 0.250. The van der Waals surface area contributed by atoms with Crippen molar-refractivity contribution in [2.45, 2.75) is 0 Å². The predicted octanol–water partition coefficient (Wildman–Crippen LogP) is 0.824. The van der Waals surface area contributed by atoms with E-state index in [1.807, 2.05) is 0 Å². The number of benzene rings is 1. The minimum atomic E-state index is -0.251. The lowest BCUT2D eigenvalue weighted by atomic mass is 10.3. The van der Waals surface area contributed by atoms with E-state index >= 15 is 0 Å². The summed E-state index contributed by atoms with van der Waals surface area (Å²) < 4.78 is 12.0. The van der Waals surface area contributed by atoms with Gasteiger partial charge in [0, 0.05) is 5.69 Å². The van der Waals surface area contributed by atoms with Crippen LogP contribution in [0.5, 0.6) is 0 Å². The van der Waals surface area contributed by atoms with Gasteiger partial charge in [0.15, 0.2) is 0 Å². The largest absolute Gasteiger partial charge is 0.399 e. The van der Waals surface area contributed by atoms with Crippen molar-refractivity contribution < 1.29 is 14.0 Å². The molecule has 1 aromatic carbocycles. The van der Waals surface area contributed by atoms with E-state index in [2.05, 4.69) is 0 Å². The average molecular weight is 155 g/mol. The van der Waals surface area contributed by atoms with Crippen LogP contribution in [-0.2, 0) is 9.59 Å². The fourth-order valence-electron chi connectivity index (χ4n) is 0.463. The Balaban J connectivity index is 0.000000292. The number of carbonyl (C=O) groups excluding carboxylic acids is 2. The molecule has 0 aliphatic heterocycles. The molecule has 0 radical (unpaired) electrons. The maximum atomic E-state index is 12.0. The molecule has 0 fully saturated rings. The Kier molecular flexibility index (Phi) is 4.36. The molecule has 0 saturated carbocycles. The Morgan fingerprint density at radius 3 is 1.82 bits per heavy atom. The van der Waals surface area contributed by atoms with Crippen LogP contribution in [0.2, 0.25) is 0 Å². The molecule has 0 aliphatic carbocycles. The van der Waals surface area contributed by atoms with E-state index in [-0.39, 0.29) is 12.0 Å². The highest BCUT2D eigenvalue weighted by Crippen LogP contribution is 2.01. The van der Waals surface area contributed by atoms with Crippen molar-refractivity contribution in [2.24, 2.45) is 0 Å². The highest BCUT2D eigenvalue weighted by atomic mass is 19.1. The van der Waals surface area contributed by atoms with Crippen molar-refractivity contribution in [3.8, 4) is 0 Å². The summed E-state index contributed by atoms with van der Waals surface area (Å²) >= 11 is 0. The molecule has 11 heavy (non-hydrogen) atoms. The maximum Gasteiger partial charge on any atom is 0.373 e. The van der Waals surface area contributed by atoms with Crippen molar-refractivity contribution in [1.82, 2.24) is 0 Å². The second-order valence-electron chi connectivity index (χ2n) is 1.63. The predicted molar refractivity (Wildman–Crippen MR) is 35.8 cm³/mol. The molecular weight excluding hydrogens is 149 g/mol. The Morgan fingerprint density at radius 1 is 1.18 bits per heavy atom.